The second-order valence-electron chi connectivity index (χ2n) is 38.4. The molecule has 706 valence electrons. The molecule has 0 aliphatic rings. The second-order valence-corrected chi connectivity index (χ2v) is 38.4. The van der Waals surface area contributed by atoms with E-state index in [4.69, 9.17) is 8.83 Å². The monoisotopic (exact) mass is 1910 g/mol. The molecule has 0 saturated carbocycles. The van der Waals surface area contributed by atoms with Gasteiger partial charge in [-0.1, -0.05) is 455 Å². The molecule has 0 saturated heterocycles. The molecule has 2 aromatic heterocycles. The molecule has 0 radical (unpaired) electrons. The number of furan rings is 2. The summed E-state index contributed by atoms with van der Waals surface area (Å²) in [6.45, 7) is 0. The molecule has 5 heteroatoms. The highest BCUT2D eigenvalue weighted by molar-refractivity contribution is 6.20. The third-order valence-corrected chi connectivity index (χ3v) is 29.7. The fraction of sp³-hybridized carbons (Fsp3) is 0.00690. The molecule has 0 N–H and O–H groups in total. The molecule has 0 aliphatic heterocycles. The van der Waals surface area contributed by atoms with Crippen LogP contribution < -0.4 is 14.7 Å². The average Bonchev–Trinajstić information content (AvgIpc) is 1.18. The van der Waals surface area contributed by atoms with Crippen molar-refractivity contribution in [3.8, 4) is 66.8 Å². The van der Waals surface area contributed by atoms with Gasteiger partial charge in [0.05, 0.1) is 11.1 Å². The summed E-state index contributed by atoms with van der Waals surface area (Å²) in [5.74, 6) is 0. The van der Waals surface area contributed by atoms with Gasteiger partial charge in [-0.15, -0.1) is 0 Å². The molecule has 28 rings (SSSR count). The van der Waals surface area contributed by atoms with E-state index in [1.54, 1.807) is 0 Å². The zero-order valence-electron chi connectivity index (χ0n) is 82.3. The van der Waals surface area contributed by atoms with Gasteiger partial charge in [0.1, 0.15) is 22.3 Å². The van der Waals surface area contributed by atoms with Crippen LogP contribution in [0, 0.1) is 0 Å². The van der Waals surface area contributed by atoms with E-state index in [9.17, 15) is 0 Å². The van der Waals surface area contributed by atoms with Gasteiger partial charge in [-0.05, 0) is 288 Å². The van der Waals surface area contributed by atoms with E-state index in [0.717, 1.165) is 101 Å². The van der Waals surface area contributed by atoms with E-state index in [-0.39, 0.29) is 0 Å². The lowest BCUT2D eigenvalue weighted by atomic mass is 9.65. The molecule has 28 aromatic rings. The molecule has 0 spiro atoms. The van der Waals surface area contributed by atoms with E-state index in [1.165, 1.54) is 148 Å². The van der Waals surface area contributed by atoms with Gasteiger partial charge in [0.25, 0.3) is 0 Å². The van der Waals surface area contributed by atoms with Gasteiger partial charge in [0.2, 0.25) is 0 Å². The summed E-state index contributed by atoms with van der Waals surface area (Å²) >= 11 is 0. The lowest BCUT2D eigenvalue weighted by Crippen LogP contribution is -2.31. The standard InChI is InChI=1S/C51H37N.C50H33NO.C44H29NO/c1-5-16-42(17-6-1)51(43-18-7-2-8-19-43,45-33-35-48(36-34-45)52(46-20-9-3-10-21-46)47-22-11-4-12-23-47)44-31-29-38(30-32-44)41-28-27-40-26-25-39-15-13-14-24-49(39)50(40)37-41;1-3-14-34(15-4-1)35-26-29-38(30-27-35)51(48-24-11-9-18-40(48)36-16-5-2-6-17-36)39-31-28-37-32-47(42-20-8-7-19-41(42)46(37)33-39)45-23-13-22-44-43-21-10-12-25-49(43)52-50(44)45;1-3-11-30(12-4-1)31-19-23-35(24-20-31)45(34-13-5-2-6-14-34)36-25-21-32-27-40(37-15-7-8-16-38(37)41(32)29-36)33-22-26-44-42(28-33)39-17-9-10-18-43(39)46-44/h1-37H;1-33H;1-29H. The first kappa shape index (κ1) is 90.3. The fourth-order valence-corrected chi connectivity index (χ4v) is 22.6. The molecule has 0 fully saturated rings. The van der Waals surface area contributed by atoms with E-state index in [2.05, 4.69) is 597 Å². The topological polar surface area (TPSA) is 36.0 Å². The molecule has 0 atom stereocenters. The SMILES string of the molecule is c1ccc(-c2ccc(N(c3ccc4cc(-c5cccc6c5oc5ccccc56)c5ccccc5c4c3)c3ccccc3-c3ccccc3)cc2)cc1.c1ccc(-c2ccc(N(c3ccccc3)c3ccc4cc(-c5ccc6oc7ccccc7c6c5)c5ccccc5c4c3)cc2)cc1.c1ccc(N(c2ccccc2)c2ccc(C(c3ccccc3)(c3ccccc3)c3ccc(-c4ccc5ccc6ccccc6c5c4)cc3)cc2)cc1. The first-order valence-corrected chi connectivity index (χ1v) is 51.4. The quantitative estimate of drug-likeness (QED) is 0.0596. The predicted molar refractivity (Wildman–Crippen MR) is 634 cm³/mol. The molecule has 0 bridgehead atoms. The Morgan fingerprint density at radius 3 is 1.00 bits per heavy atom. The molecule has 0 amide bonds. The van der Waals surface area contributed by atoms with Gasteiger partial charge < -0.3 is 23.5 Å². The van der Waals surface area contributed by atoms with Gasteiger partial charge in [0.15, 0.2) is 0 Å². The van der Waals surface area contributed by atoms with Crippen molar-refractivity contribution in [2.75, 3.05) is 14.7 Å². The Balaban J connectivity index is 0.000000114. The van der Waals surface area contributed by atoms with Crippen LogP contribution >= 0.6 is 0 Å². The number of anilines is 9. The van der Waals surface area contributed by atoms with Crippen LogP contribution in [0.1, 0.15) is 22.3 Å². The third kappa shape index (κ3) is 17.0. The highest BCUT2D eigenvalue weighted by atomic mass is 16.3. The van der Waals surface area contributed by atoms with Crippen LogP contribution in [0.4, 0.5) is 51.2 Å². The maximum atomic E-state index is 6.53. The molecule has 0 unspecified atom stereocenters. The van der Waals surface area contributed by atoms with Crippen molar-refractivity contribution >= 4 is 160 Å². The molecule has 2 heterocycles. The highest BCUT2D eigenvalue weighted by Crippen LogP contribution is 2.52. The van der Waals surface area contributed by atoms with E-state index >= 15 is 0 Å². The fourth-order valence-electron chi connectivity index (χ4n) is 22.6. The Hall–Kier alpha value is -19.7. The summed E-state index contributed by atoms with van der Waals surface area (Å²) in [6, 6.07) is 216. The maximum Gasteiger partial charge on any atom is 0.143 e. The Kier molecular flexibility index (Phi) is 23.9. The molecular formula is C145H99N3O2. The number of rotatable bonds is 19. The van der Waals surface area contributed by atoms with Crippen molar-refractivity contribution < 1.29 is 8.83 Å². The van der Waals surface area contributed by atoms with Crippen molar-refractivity contribution in [1.29, 1.82) is 0 Å². The zero-order valence-corrected chi connectivity index (χ0v) is 82.3. The number of benzene rings is 26. The van der Waals surface area contributed by atoms with Crippen LogP contribution in [0.15, 0.2) is 609 Å². The molecule has 0 aliphatic carbocycles. The molecule has 5 nitrogen and oxygen atoms in total. The third-order valence-electron chi connectivity index (χ3n) is 29.7. The lowest BCUT2D eigenvalue weighted by molar-refractivity contribution is 0.669. The first-order valence-electron chi connectivity index (χ1n) is 51.4. The Bertz CT molecular complexity index is 9690. The Labute approximate surface area is 871 Å². The van der Waals surface area contributed by atoms with Crippen molar-refractivity contribution in [2.24, 2.45) is 0 Å². The summed E-state index contributed by atoms with van der Waals surface area (Å²) in [5.41, 5.74) is 32.3. The second kappa shape index (κ2) is 39.8. The Morgan fingerprint density at radius 1 is 0.133 bits per heavy atom. The summed E-state index contributed by atoms with van der Waals surface area (Å²) in [7, 11) is 0. The van der Waals surface area contributed by atoms with Crippen LogP contribution in [-0.2, 0) is 5.41 Å². The number of hydrogen-bond acceptors (Lipinski definition) is 5. The minimum atomic E-state index is -0.552. The van der Waals surface area contributed by atoms with Crippen molar-refractivity contribution in [3.63, 3.8) is 0 Å². The Morgan fingerprint density at radius 2 is 0.447 bits per heavy atom. The van der Waals surface area contributed by atoms with Crippen LogP contribution in [0.25, 0.3) is 175 Å². The summed E-state index contributed by atoms with van der Waals surface area (Å²) in [4.78, 5) is 7.06. The summed E-state index contributed by atoms with van der Waals surface area (Å²) < 4.78 is 12.7. The average molecular weight is 1920 g/mol. The van der Waals surface area contributed by atoms with Gasteiger partial charge >= 0.3 is 0 Å². The molecule has 150 heavy (non-hydrogen) atoms. The van der Waals surface area contributed by atoms with Crippen molar-refractivity contribution in [1.82, 2.24) is 0 Å². The van der Waals surface area contributed by atoms with Gasteiger partial charge in [-0.2, -0.15) is 0 Å². The van der Waals surface area contributed by atoms with E-state index < -0.39 is 5.41 Å². The molecular weight excluding hydrogens is 1820 g/mol. The number of para-hydroxylation sites is 7. The normalized spacial score (nSPS) is 11.5. The number of hydrogen-bond donors (Lipinski definition) is 0. The van der Waals surface area contributed by atoms with Crippen LogP contribution in [0.5, 0.6) is 0 Å². The van der Waals surface area contributed by atoms with Gasteiger partial charge in [-0.3, -0.25) is 0 Å². The summed E-state index contributed by atoms with van der Waals surface area (Å²) in [5, 5.41) is 19.4. The predicted octanol–water partition coefficient (Wildman–Crippen LogP) is 40.6. The highest BCUT2D eigenvalue weighted by Gasteiger charge is 2.39. The summed E-state index contributed by atoms with van der Waals surface area (Å²) in [6.07, 6.45) is 0. The van der Waals surface area contributed by atoms with E-state index in [0.29, 0.717) is 0 Å². The van der Waals surface area contributed by atoms with Crippen molar-refractivity contribution in [3.05, 3.63) is 623 Å². The number of nitrogens with zero attached hydrogens (tertiary/aromatic N) is 3. The molecule has 26 aromatic carbocycles. The zero-order chi connectivity index (χ0) is 99.6. The maximum absolute atomic E-state index is 6.53. The minimum Gasteiger partial charge on any atom is -0.456 e. The van der Waals surface area contributed by atoms with E-state index in [1.807, 2.05) is 18.2 Å². The largest absolute Gasteiger partial charge is 0.456 e. The smallest absolute Gasteiger partial charge is 0.143 e. The van der Waals surface area contributed by atoms with Crippen LogP contribution in [0.3, 0.4) is 0 Å². The van der Waals surface area contributed by atoms with Crippen molar-refractivity contribution in [2.45, 2.75) is 5.41 Å². The minimum absolute atomic E-state index is 0.552. The van der Waals surface area contributed by atoms with Gasteiger partial charge in [0, 0.05) is 78.2 Å². The number of fused-ring (bicyclic) bond motifs is 15. The van der Waals surface area contributed by atoms with Crippen LogP contribution in [0.2, 0.25) is 0 Å². The van der Waals surface area contributed by atoms with Gasteiger partial charge in [-0.25, -0.2) is 0 Å². The lowest BCUT2D eigenvalue weighted by Gasteiger charge is -2.37. The van der Waals surface area contributed by atoms with Crippen LogP contribution in [-0.4, -0.2) is 0 Å². The first-order chi connectivity index (χ1) is 74.4.